The molecule has 0 aliphatic heterocycles. The van der Waals surface area contributed by atoms with Crippen molar-refractivity contribution in [3.05, 3.63) is 34.3 Å². The molecule has 0 aliphatic carbocycles. The van der Waals surface area contributed by atoms with Gasteiger partial charge in [0.1, 0.15) is 0 Å². The van der Waals surface area contributed by atoms with Crippen LogP contribution in [0.25, 0.3) is 0 Å². The minimum atomic E-state index is -1.15. The molecule has 5 nitrogen and oxygen atoms in total. The molecule has 0 aliphatic rings. The highest BCUT2D eigenvalue weighted by Crippen LogP contribution is 2.15. The molecule has 0 aromatic heterocycles. The highest BCUT2D eigenvalue weighted by atomic mass is 79.9. The van der Waals surface area contributed by atoms with Crippen LogP contribution in [-0.4, -0.2) is 23.6 Å². The van der Waals surface area contributed by atoms with Gasteiger partial charge >= 0.3 is 5.97 Å². The Hall–Kier alpha value is -1.40. The number of carbonyl (C=O) groups excluding carboxylic acids is 1. The summed E-state index contributed by atoms with van der Waals surface area (Å²) < 4.78 is 0.612. The Morgan fingerprint density at radius 1 is 1.40 bits per heavy atom. The summed E-state index contributed by atoms with van der Waals surface area (Å²) in [7, 11) is 0. The summed E-state index contributed by atoms with van der Waals surface area (Å²) in [6.07, 6.45) is 0. The molecule has 0 heterocycles. The van der Waals surface area contributed by atoms with Crippen molar-refractivity contribution in [1.29, 1.82) is 0 Å². The summed E-state index contributed by atoms with van der Waals surface area (Å²) in [5.41, 5.74) is 2.40. The first-order valence-corrected chi connectivity index (χ1v) is 4.79. The van der Waals surface area contributed by atoms with Crippen LogP contribution in [0.2, 0.25) is 0 Å². The van der Waals surface area contributed by atoms with Gasteiger partial charge in [-0.2, -0.15) is 0 Å². The molecule has 1 rings (SSSR count). The van der Waals surface area contributed by atoms with E-state index in [1.54, 1.807) is 24.3 Å². The molecule has 1 amide bonds. The Morgan fingerprint density at radius 3 is 2.67 bits per heavy atom. The first-order valence-electron chi connectivity index (χ1n) is 3.99. The van der Waals surface area contributed by atoms with Crippen LogP contribution in [-0.2, 0) is 9.63 Å². The predicted molar refractivity (Wildman–Crippen MR) is 55.2 cm³/mol. The monoisotopic (exact) mass is 273 g/mol. The van der Waals surface area contributed by atoms with Gasteiger partial charge in [-0.15, -0.1) is 0 Å². The third kappa shape index (κ3) is 3.69. The van der Waals surface area contributed by atoms with Crippen LogP contribution in [0.1, 0.15) is 10.4 Å². The number of amides is 1. The first-order chi connectivity index (χ1) is 7.11. The number of rotatable bonds is 4. The molecule has 1 aromatic rings. The molecule has 15 heavy (non-hydrogen) atoms. The van der Waals surface area contributed by atoms with Gasteiger partial charge in [0.25, 0.3) is 5.91 Å². The van der Waals surface area contributed by atoms with E-state index in [9.17, 15) is 9.59 Å². The van der Waals surface area contributed by atoms with E-state index in [0.717, 1.165) is 0 Å². The molecule has 2 N–H and O–H groups in total. The van der Waals surface area contributed by atoms with Gasteiger partial charge < -0.3 is 5.11 Å². The molecule has 0 unspecified atom stereocenters. The highest BCUT2D eigenvalue weighted by molar-refractivity contribution is 9.10. The third-order valence-electron chi connectivity index (χ3n) is 1.48. The zero-order valence-corrected chi connectivity index (χ0v) is 9.15. The molecule has 6 heteroatoms. The van der Waals surface area contributed by atoms with Gasteiger partial charge in [0, 0.05) is 4.47 Å². The number of carboxylic acids is 1. The summed E-state index contributed by atoms with van der Waals surface area (Å²) in [4.78, 5) is 25.9. The van der Waals surface area contributed by atoms with Crippen LogP contribution < -0.4 is 5.48 Å². The SMILES string of the molecule is O=C(O)CONC(=O)c1ccccc1Br. The molecule has 0 saturated carbocycles. The molecule has 0 fully saturated rings. The Labute approximate surface area is 94.1 Å². The average molecular weight is 274 g/mol. The summed E-state index contributed by atoms with van der Waals surface area (Å²) >= 11 is 3.19. The van der Waals surface area contributed by atoms with Crippen molar-refractivity contribution in [2.75, 3.05) is 6.61 Å². The van der Waals surface area contributed by atoms with E-state index >= 15 is 0 Å². The smallest absolute Gasteiger partial charge is 0.332 e. The number of benzene rings is 1. The quantitative estimate of drug-likeness (QED) is 0.809. The molecule has 0 spiro atoms. The minimum absolute atomic E-state index is 0.378. The number of halogens is 1. The van der Waals surface area contributed by atoms with Crippen LogP contribution in [0.4, 0.5) is 0 Å². The van der Waals surface area contributed by atoms with Crippen molar-refractivity contribution in [3.8, 4) is 0 Å². The van der Waals surface area contributed by atoms with Crippen LogP contribution in [0, 0.1) is 0 Å². The lowest BCUT2D eigenvalue weighted by Crippen LogP contribution is -2.26. The molecule has 0 bridgehead atoms. The Balaban J connectivity index is 2.54. The molecule has 1 aromatic carbocycles. The number of nitrogens with one attached hydrogen (secondary N) is 1. The van der Waals surface area contributed by atoms with Gasteiger partial charge in [0.2, 0.25) is 0 Å². The third-order valence-corrected chi connectivity index (χ3v) is 2.17. The predicted octanol–water partition coefficient (Wildman–Crippen LogP) is 1.20. The van der Waals surface area contributed by atoms with Crippen molar-refractivity contribution in [1.82, 2.24) is 5.48 Å². The summed E-state index contributed by atoms with van der Waals surface area (Å²) in [5.74, 6) is -1.65. The number of carboxylic acid groups (broad SMARTS) is 1. The van der Waals surface area contributed by atoms with E-state index in [2.05, 4.69) is 20.8 Å². The van der Waals surface area contributed by atoms with Gasteiger partial charge in [0.05, 0.1) is 5.56 Å². The minimum Gasteiger partial charge on any atom is -0.479 e. The van der Waals surface area contributed by atoms with Gasteiger partial charge in [-0.1, -0.05) is 12.1 Å². The maximum atomic E-state index is 11.4. The second-order valence-electron chi connectivity index (χ2n) is 2.59. The maximum Gasteiger partial charge on any atom is 0.332 e. The Kier molecular flexibility index (Phi) is 4.26. The number of hydrogen-bond acceptors (Lipinski definition) is 3. The maximum absolute atomic E-state index is 11.4. The number of hydroxylamine groups is 1. The van der Waals surface area contributed by atoms with Crippen LogP contribution >= 0.6 is 15.9 Å². The van der Waals surface area contributed by atoms with E-state index in [1.807, 2.05) is 5.48 Å². The lowest BCUT2D eigenvalue weighted by atomic mass is 10.2. The van der Waals surface area contributed by atoms with Crippen LogP contribution in [0.15, 0.2) is 28.7 Å². The van der Waals surface area contributed by atoms with Crippen molar-refractivity contribution in [3.63, 3.8) is 0 Å². The van der Waals surface area contributed by atoms with Crippen LogP contribution in [0.3, 0.4) is 0 Å². The summed E-state index contributed by atoms with van der Waals surface area (Å²) in [6.45, 7) is -0.573. The number of carbonyl (C=O) groups is 2. The standard InChI is InChI=1S/C9H8BrNO4/c10-7-4-2-1-3-6(7)9(14)11-15-5-8(12)13/h1-4H,5H2,(H,11,14)(H,12,13). The van der Waals surface area contributed by atoms with Crippen molar-refractivity contribution < 1.29 is 19.5 Å². The van der Waals surface area contributed by atoms with Gasteiger partial charge in [-0.25, -0.2) is 10.3 Å². The lowest BCUT2D eigenvalue weighted by molar-refractivity contribution is -0.144. The summed E-state index contributed by atoms with van der Waals surface area (Å²) in [6, 6.07) is 6.74. The van der Waals surface area contributed by atoms with Gasteiger partial charge in [-0.3, -0.25) is 9.63 Å². The lowest BCUT2D eigenvalue weighted by Gasteiger charge is -2.04. The molecule has 80 valence electrons. The molecule has 0 saturated heterocycles. The largest absolute Gasteiger partial charge is 0.479 e. The Morgan fingerprint density at radius 2 is 2.07 bits per heavy atom. The molecular formula is C9H8BrNO4. The second kappa shape index (κ2) is 5.47. The fourth-order valence-electron chi connectivity index (χ4n) is 0.864. The molecular weight excluding hydrogens is 266 g/mol. The van der Waals surface area contributed by atoms with E-state index in [-0.39, 0.29) is 0 Å². The van der Waals surface area contributed by atoms with E-state index in [4.69, 9.17) is 5.11 Å². The van der Waals surface area contributed by atoms with Crippen LogP contribution in [0.5, 0.6) is 0 Å². The number of hydrogen-bond donors (Lipinski definition) is 2. The van der Waals surface area contributed by atoms with E-state index < -0.39 is 18.5 Å². The van der Waals surface area contributed by atoms with E-state index in [0.29, 0.717) is 10.0 Å². The van der Waals surface area contributed by atoms with Gasteiger partial charge in [-0.05, 0) is 28.1 Å². The van der Waals surface area contributed by atoms with Crippen molar-refractivity contribution in [2.45, 2.75) is 0 Å². The van der Waals surface area contributed by atoms with E-state index in [1.165, 1.54) is 0 Å². The van der Waals surface area contributed by atoms with Crippen molar-refractivity contribution >= 4 is 27.8 Å². The molecule has 0 atom stereocenters. The number of aliphatic carboxylic acids is 1. The van der Waals surface area contributed by atoms with Crippen molar-refractivity contribution in [2.24, 2.45) is 0 Å². The summed E-state index contributed by atoms with van der Waals surface area (Å²) in [5, 5.41) is 8.27. The molecule has 0 radical (unpaired) electrons. The normalized spacial score (nSPS) is 9.67. The second-order valence-corrected chi connectivity index (χ2v) is 3.45. The van der Waals surface area contributed by atoms with Gasteiger partial charge in [0.15, 0.2) is 6.61 Å². The zero-order chi connectivity index (χ0) is 11.3. The highest BCUT2D eigenvalue weighted by Gasteiger charge is 2.09. The fourth-order valence-corrected chi connectivity index (χ4v) is 1.33. The first kappa shape index (κ1) is 11.7. The average Bonchev–Trinajstić information content (AvgIpc) is 2.17. The topological polar surface area (TPSA) is 75.6 Å². The Bertz CT molecular complexity index is 380. The zero-order valence-electron chi connectivity index (χ0n) is 7.57. The fraction of sp³-hybridized carbons (Fsp3) is 0.111.